The van der Waals surface area contributed by atoms with Crippen LogP contribution in [0.4, 0.5) is 0 Å². The Morgan fingerprint density at radius 2 is 0.571 bits per heavy atom. The molecule has 2 N–H and O–H groups in total. The number of hydrogen-bond acceptors (Lipinski definition) is 1. The molecule has 0 aliphatic heterocycles. The third kappa shape index (κ3) is 3.90. The third-order valence-electron chi connectivity index (χ3n) is 5.40. The molecule has 4 rings (SSSR count). The maximum Gasteiger partial charge on any atom is 0.0260 e. The predicted octanol–water partition coefficient (Wildman–Crippen LogP) is 5.98. The summed E-state index contributed by atoms with van der Waals surface area (Å²) in [6.45, 7) is 0. The fourth-order valence-corrected chi connectivity index (χ4v) is 4.11. The van der Waals surface area contributed by atoms with Crippen LogP contribution in [0, 0.1) is 0 Å². The maximum atomic E-state index is 7.09. The zero-order chi connectivity index (χ0) is 19.2. The fourth-order valence-electron chi connectivity index (χ4n) is 4.11. The van der Waals surface area contributed by atoms with E-state index in [1.807, 2.05) is 0 Å². The minimum absolute atomic E-state index is 0.102. The Hall–Kier alpha value is -3.16. The van der Waals surface area contributed by atoms with E-state index in [-0.39, 0.29) is 17.9 Å². The fraction of sp³-hybridized carbons (Fsp3) is 0.111. The summed E-state index contributed by atoms with van der Waals surface area (Å²) in [7, 11) is 0. The van der Waals surface area contributed by atoms with Crippen LogP contribution in [0.2, 0.25) is 0 Å². The Labute approximate surface area is 167 Å². The quantitative estimate of drug-likeness (QED) is 0.448. The van der Waals surface area contributed by atoms with Crippen molar-refractivity contribution >= 4 is 0 Å². The van der Waals surface area contributed by atoms with Crippen molar-refractivity contribution in [1.82, 2.24) is 0 Å². The van der Waals surface area contributed by atoms with Gasteiger partial charge in [0.25, 0.3) is 0 Å². The summed E-state index contributed by atoms with van der Waals surface area (Å²) >= 11 is 0. The van der Waals surface area contributed by atoms with Crippen molar-refractivity contribution in [1.29, 1.82) is 0 Å². The minimum atomic E-state index is -0.102. The lowest BCUT2D eigenvalue weighted by Gasteiger charge is -2.32. The topological polar surface area (TPSA) is 26.0 Å². The highest BCUT2D eigenvalue weighted by atomic mass is 14.7. The number of rotatable bonds is 6. The lowest BCUT2D eigenvalue weighted by molar-refractivity contribution is 0.533. The Bertz CT molecular complexity index is 804. The highest BCUT2D eigenvalue weighted by Crippen LogP contribution is 2.37. The Kier molecular flexibility index (Phi) is 5.65. The molecule has 138 valence electrons. The van der Waals surface area contributed by atoms with E-state index in [9.17, 15) is 0 Å². The summed E-state index contributed by atoms with van der Waals surface area (Å²) in [5.74, 6) is 0.209. The van der Waals surface area contributed by atoms with E-state index >= 15 is 0 Å². The van der Waals surface area contributed by atoms with Gasteiger partial charge in [0.1, 0.15) is 0 Å². The molecule has 1 heteroatoms. The molecule has 28 heavy (non-hydrogen) atoms. The molecule has 0 fully saturated rings. The van der Waals surface area contributed by atoms with Crippen molar-refractivity contribution in [3.05, 3.63) is 144 Å². The Balaban J connectivity index is 1.84. The van der Waals surface area contributed by atoms with E-state index in [0.717, 1.165) is 0 Å². The molecule has 4 aromatic carbocycles. The first-order valence-electron chi connectivity index (χ1n) is 9.80. The van der Waals surface area contributed by atoms with Crippen molar-refractivity contribution in [3.63, 3.8) is 0 Å². The molecule has 0 aliphatic rings. The zero-order valence-electron chi connectivity index (χ0n) is 15.9. The van der Waals surface area contributed by atoms with Crippen molar-refractivity contribution in [2.45, 2.75) is 17.9 Å². The summed E-state index contributed by atoms with van der Waals surface area (Å²) in [4.78, 5) is 0. The first-order chi connectivity index (χ1) is 13.8. The monoisotopic (exact) mass is 363 g/mol. The van der Waals surface area contributed by atoms with Crippen LogP contribution in [-0.4, -0.2) is 6.04 Å². The van der Waals surface area contributed by atoms with Gasteiger partial charge in [-0.2, -0.15) is 0 Å². The standard InChI is InChI=1S/C27H25N/c28-27(25(21-13-5-1-6-14-21)22-15-7-2-8-16-22)26(23-17-9-3-10-18-23)24-19-11-4-12-20-24/h1-20,25-27H,28H2. The van der Waals surface area contributed by atoms with Gasteiger partial charge in [-0.05, 0) is 22.3 Å². The van der Waals surface area contributed by atoms with Crippen LogP contribution in [0.5, 0.6) is 0 Å². The second kappa shape index (κ2) is 8.69. The second-order valence-electron chi connectivity index (χ2n) is 7.18. The lowest BCUT2D eigenvalue weighted by atomic mass is 9.74. The van der Waals surface area contributed by atoms with E-state index in [2.05, 4.69) is 121 Å². The minimum Gasteiger partial charge on any atom is -0.326 e. The van der Waals surface area contributed by atoms with Gasteiger partial charge in [-0.25, -0.2) is 0 Å². The molecule has 0 spiro atoms. The average molecular weight is 364 g/mol. The molecule has 0 atom stereocenters. The molecule has 0 aliphatic carbocycles. The Morgan fingerprint density at radius 3 is 0.786 bits per heavy atom. The summed E-state index contributed by atoms with van der Waals surface area (Å²) in [6, 6.07) is 42.4. The molecule has 4 aromatic rings. The molecule has 0 radical (unpaired) electrons. The summed E-state index contributed by atoms with van der Waals surface area (Å²) in [6.07, 6.45) is 0. The van der Waals surface area contributed by atoms with Crippen LogP contribution in [0.25, 0.3) is 0 Å². The van der Waals surface area contributed by atoms with E-state index < -0.39 is 0 Å². The van der Waals surface area contributed by atoms with Gasteiger partial charge >= 0.3 is 0 Å². The third-order valence-corrected chi connectivity index (χ3v) is 5.40. The molecule has 0 heterocycles. The highest BCUT2D eigenvalue weighted by molar-refractivity contribution is 5.41. The summed E-state index contributed by atoms with van der Waals surface area (Å²) in [5, 5.41) is 0. The van der Waals surface area contributed by atoms with Crippen molar-refractivity contribution in [2.75, 3.05) is 0 Å². The molecular formula is C27H25N. The Morgan fingerprint density at radius 1 is 0.357 bits per heavy atom. The molecule has 0 saturated heterocycles. The molecule has 0 unspecified atom stereocenters. The van der Waals surface area contributed by atoms with Crippen LogP contribution < -0.4 is 5.73 Å². The van der Waals surface area contributed by atoms with Crippen molar-refractivity contribution < 1.29 is 0 Å². The molecule has 0 saturated carbocycles. The summed E-state index contributed by atoms with van der Waals surface area (Å²) in [5.41, 5.74) is 12.1. The SMILES string of the molecule is NC(C(c1ccccc1)c1ccccc1)C(c1ccccc1)c1ccccc1. The van der Waals surface area contributed by atoms with Gasteiger partial charge in [0.2, 0.25) is 0 Å². The van der Waals surface area contributed by atoms with Crippen LogP contribution in [-0.2, 0) is 0 Å². The average Bonchev–Trinajstić information content (AvgIpc) is 2.77. The van der Waals surface area contributed by atoms with Crippen LogP contribution in [0.3, 0.4) is 0 Å². The largest absolute Gasteiger partial charge is 0.326 e. The van der Waals surface area contributed by atoms with Gasteiger partial charge in [0.05, 0.1) is 0 Å². The van der Waals surface area contributed by atoms with Crippen molar-refractivity contribution in [2.24, 2.45) is 5.73 Å². The van der Waals surface area contributed by atoms with Crippen LogP contribution >= 0.6 is 0 Å². The van der Waals surface area contributed by atoms with Crippen molar-refractivity contribution in [3.8, 4) is 0 Å². The molecular weight excluding hydrogens is 338 g/mol. The number of benzene rings is 4. The number of hydrogen-bond donors (Lipinski definition) is 1. The van der Waals surface area contributed by atoms with Gasteiger partial charge in [-0.1, -0.05) is 121 Å². The van der Waals surface area contributed by atoms with Gasteiger partial charge in [0.15, 0.2) is 0 Å². The van der Waals surface area contributed by atoms with Crippen LogP contribution in [0.1, 0.15) is 34.1 Å². The summed E-state index contributed by atoms with van der Waals surface area (Å²) < 4.78 is 0. The van der Waals surface area contributed by atoms with E-state index in [1.54, 1.807) is 0 Å². The molecule has 1 nitrogen and oxygen atoms in total. The number of nitrogens with two attached hydrogens (primary N) is 1. The normalized spacial score (nSPS) is 11.3. The smallest absolute Gasteiger partial charge is 0.0260 e. The first kappa shape index (κ1) is 18.2. The molecule has 0 aromatic heterocycles. The second-order valence-corrected chi connectivity index (χ2v) is 7.18. The van der Waals surface area contributed by atoms with Gasteiger partial charge in [-0.15, -0.1) is 0 Å². The highest BCUT2D eigenvalue weighted by Gasteiger charge is 2.30. The van der Waals surface area contributed by atoms with E-state index in [0.29, 0.717) is 0 Å². The lowest BCUT2D eigenvalue weighted by Crippen LogP contribution is -2.36. The first-order valence-corrected chi connectivity index (χ1v) is 9.80. The van der Waals surface area contributed by atoms with Gasteiger partial charge < -0.3 is 5.73 Å². The van der Waals surface area contributed by atoms with E-state index in [4.69, 9.17) is 5.73 Å². The predicted molar refractivity (Wildman–Crippen MR) is 117 cm³/mol. The van der Waals surface area contributed by atoms with Gasteiger partial charge in [-0.3, -0.25) is 0 Å². The molecule has 0 amide bonds. The van der Waals surface area contributed by atoms with E-state index in [1.165, 1.54) is 22.3 Å². The molecule has 0 bridgehead atoms. The van der Waals surface area contributed by atoms with Gasteiger partial charge in [0, 0.05) is 17.9 Å². The zero-order valence-corrected chi connectivity index (χ0v) is 15.9. The van der Waals surface area contributed by atoms with Crippen LogP contribution in [0.15, 0.2) is 121 Å². The maximum absolute atomic E-state index is 7.09.